The summed E-state index contributed by atoms with van der Waals surface area (Å²) in [6.45, 7) is 1.87. The van der Waals surface area contributed by atoms with Crippen molar-refractivity contribution in [1.29, 1.82) is 0 Å². The van der Waals surface area contributed by atoms with Gasteiger partial charge in [-0.2, -0.15) is 13.2 Å². The lowest BCUT2D eigenvalue weighted by Gasteiger charge is -2.28. The lowest BCUT2D eigenvalue weighted by Crippen LogP contribution is -2.41. The standard InChI is InChI=1S/C15H18F3N3O3/c1-5-24-13-6-10(15(16,17)18)9(8-19-13)11-7-12(14(22)23-4)21(3)20(11)2/h6-8,12H,5H2,1-4H3. The molecule has 132 valence electrons. The van der Waals surface area contributed by atoms with E-state index in [0.29, 0.717) is 0 Å². The molecule has 1 aromatic rings. The maximum atomic E-state index is 13.4. The fourth-order valence-electron chi connectivity index (χ4n) is 2.43. The van der Waals surface area contributed by atoms with Gasteiger partial charge in [0.15, 0.2) is 0 Å². The zero-order valence-electron chi connectivity index (χ0n) is 13.7. The molecule has 6 nitrogen and oxygen atoms in total. The van der Waals surface area contributed by atoms with Crippen molar-refractivity contribution >= 4 is 11.7 Å². The summed E-state index contributed by atoms with van der Waals surface area (Å²) in [7, 11) is 4.37. The van der Waals surface area contributed by atoms with Crippen LogP contribution in [0.2, 0.25) is 0 Å². The molecule has 1 aromatic heterocycles. The monoisotopic (exact) mass is 345 g/mol. The second kappa shape index (κ2) is 6.68. The number of rotatable bonds is 4. The number of methoxy groups -OCH3 is 1. The fourth-order valence-corrected chi connectivity index (χ4v) is 2.43. The number of aromatic nitrogens is 1. The summed E-state index contributed by atoms with van der Waals surface area (Å²) in [5, 5.41) is 2.94. The normalized spacial score (nSPS) is 18.5. The Kier molecular flexibility index (Phi) is 5.02. The summed E-state index contributed by atoms with van der Waals surface area (Å²) in [5.41, 5.74) is -0.791. The smallest absolute Gasteiger partial charge is 0.417 e. The largest absolute Gasteiger partial charge is 0.478 e. The number of pyridine rings is 1. The van der Waals surface area contributed by atoms with Crippen molar-refractivity contribution in [3.05, 3.63) is 29.5 Å². The van der Waals surface area contributed by atoms with Gasteiger partial charge in [-0.05, 0) is 13.0 Å². The number of carbonyl (C=O) groups excluding carboxylic acids is 1. The fraction of sp³-hybridized carbons (Fsp3) is 0.467. The number of likely N-dealkylation sites (N-methyl/N-ethyl adjacent to an activating group) is 1. The summed E-state index contributed by atoms with van der Waals surface area (Å²) in [4.78, 5) is 15.7. The van der Waals surface area contributed by atoms with Crippen molar-refractivity contribution in [2.24, 2.45) is 0 Å². The van der Waals surface area contributed by atoms with Crippen LogP contribution in [0.15, 0.2) is 18.3 Å². The number of hydrogen-bond donors (Lipinski definition) is 0. The van der Waals surface area contributed by atoms with Gasteiger partial charge in [0.05, 0.1) is 25.0 Å². The van der Waals surface area contributed by atoms with Crippen LogP contribution >= 0.6 is 0 Å². The van der Waals surface area contributed by atoms with Crippen LogP contribution < -0.4 is 4.74 Å². The lowest BCUT2D eigenvalue weighted by atomic mass is 10.1. The molecule has 1 aliphatic heterocycles. The highest BCUT2D eigenvalue weighted by atomic mass is 19.4. The molecule has 0 fully saturated rings. The molecule has 0 amide bonds. The molecule has 9 heteroatoms. The highest BCUT2D eigenvalue weighted by molar-refractivity contribution is 5.83. The van der Waals surface area contributed by atoms with Crippen LogP contribution in [0.25, 0.3) is 5.70 Å². The molecular weight excluding hydrogens is 327 g/mol. The van der Waals surface area contributed by atoms with Gasteiger partial charge in [0.2, 0.25) is 5.88 Å². The molecule has 0 N–H and O–H groups in total. The Morgan fingerprint density at radius 1 is 1.38 bits per heavy atom. The summed E-state index contributed by atoms with van der Waals surface area (Å²) in [5.74, 6) is -0.667. The maximum absolute atomic E-state index is 13.4. The number of esters is 1. The van der Waals surface area contributed by atoms with E-state index in [2.05, 4.69) is 9.72 Å². The van der Waals surface area contributed by atoms with E-state index in [4.69, 9.17) is 4.74 Å². The topological polar surface area (TPSA) is 54.9 Å². The average molecular weight is 345 g/mol. The van der Waals surface area contributed by atoms with Gasteiger partial charge in [0.1, 0.15) is 6.04 Å². The van der Waals surface area contributed by atoms with Crippen molar-refractivity contribution in [3.63, 3.8) is 0 Å². The van der Waals surface area contributed by atoms with Crippen LogP contribution in [0.3, 0.4) is 0 Å². The van der Waals surface area contributed by atoms with Crippen LogP contribution in [-0.4, -0.2) is 54.8 Å². The van der Waals surface area contributed by atoms with Crippen LogP contribution in [-0.2, 0) is 15.7 Å². The predicted octanol–water partition coefficient (Wildman–Crippen LogP) is 2.17. The minimum atomic E-state index is -4.59. The van der Waals surface area contributed by atoms with Gasteiger partial charge in [-0.25, -0.2) is 14.8 Å². The molecule has 2 heterocycles. The number of hydrazine groups is 1. The summed E-state index contributed by atoms with van der Waals surface area (Å²) in [6, 6.07) is 0.0570. The first-order valence-electron chi connectivity index (χ1n) is 7.17. The number of alkyl halides is 3. The Labute approximate surface area is 137 Å². The number of hydrogen-bond acceptors (Lipinski definition) is 6. The number of nitrogens with zero attached hydrogens (tertiary/aromatic N) is 3. The third-order valence-corrected chi connectivity index (χ3v) is 3.74. The third kappa shape index (κ3) is 3.30. The van der Waals surface area contributed by atoms with Crippen molar-refractivity contribution in [2.45, 2.75) is 19.1 Å². The van der Waals surface area contributed by atoms with Crippen LogP contribution in [0, 0.1) is 0 Å². The zero-order valence-corrected chi connectivity index (χ0v) is 13.7. The Morgan fingerprint density at radius 3 is 2.58 bits per heavy atom. The molecule has 1 atom stereocenters. The molecule has 24 heavy (non-hydrogen) atoms. The molecule has 0 aliphatic carbocycles. The van der Waals surface area contributed by atoms with Gasteiger partial charge in [-0.15, -0.1) is 0 Å². The Bertz CT molecular complexity index is 661. The SMILES string of the molecule is CCOc1cc(C(F)(F)F)c(C2=CC(C(=O)OC)N(C)N2C)cn1. The average Bonchev–Trinajstić information content (AvgIpc) is 2.82. The summed E-state index contributed by atoms with van der Waals surface area (Å²) < 4.78 is 50.0. The first kappa shape index (κ1) is 18.1. The van der Waals surface area contributed by atoms with Crippen LogP contribution in [0.1, 0.15) is 18.1 Å². The van der Waals surface area contributed by atoms with Crippen molar-refractivity contribution in [2.75, 3.05) is 27.8 Å². The lowest BCUT2D eigenvalue weighted by molar-refractivity contribution is -0.147. The molecule has 0 bridgehead atoms. The third-order valence-electron chi connectivity index (χ3n) is 3.74. The quantitative estimate of drug-likeness (QED) is 0.780. The van der Waals surface area contributed by atoms with Gasteiger partial charge >= 0.3 is 12.1 Å². The second-order valence-corrected chi connectivity index (χ2v) is 5.12. The van der Waals surface area contributed by atoms with E-state index in [1.807, 2.05) is 0 Å². The maximum Gasteiger partial charge on any atom is 0.417 e. The highest BCUT2D eigenvalue weighted by Crippen LogP contribution is 2.39. The van der Waals surface area contributed by atoms with E-state index in [1.54, 1.807) is 21.0 Å². The van der Waals surface area contributed by atoms with Gasteiger partial charge < -0.3 is 14.5 Å². The minimum Gasteiger partial charge on any atom is -0.478 e. The van der Waals surface area contributed by atoms with E-state index in [9.17, 15) is 18.0 Å². The van der Waals surface area contributed by atoms with Crippen molar-refractivity contribution < 1.29 is 27.4 Å². The van der Waals surface area contributed by atoms with Crippen molar-refractivity contribution in [1.82, 2.24) is 15.0 Å². The van der Waals surface area contributed by atoms with Gasteiger partial charge in [0.25, 0.3) is 0 Å². The molecule has 0 saturated carbocycles. The minimum absolute atomic E-state index is 0.104. The number of carbonyl (C=O) groups is 1. The van der Waals surface area contributed by atoms with Gasteiger partial charge in [0, 0.05) is 31.9 Å². The van der Waals surface area contributed by atoms with E-state index in [0.717, 1.165) is 12.3 Å². The van der Waals surface area contributed by atoms with Gasteiger partial charge in [-0.1, -0.05) is 0 Å². The second-order valence-electron chi connectivity index (χ2n) is 5.12. The Hall–Kier alpha value is -2.29. The molecule has 2 rings (SSSR count). The zero-order chi connectivity index (χ0) is 18.1. The molecule has 0 spiro atoms. The van der Waals surface area contributed by atoms with Crippen molar-refractivity contribution in [3.8, 4) is 5.88 Å². The molecule has 1 aliphatic rings. The number of ether oxygens (including phenoxy) is 2. The van der Waals surface area contributed by atoms with Gasteiger partial charge in [-0.3, -0.25) is 0 Å². The molecule has 0 aromatic carbocycles. The van der Waals surface area contributed by atoms with E-state index < -0.39 is 23.8 Å². The molecule has 0 saturated heterocycles. The molecule has 1 unspecified atom stereocenters. The first-order valence-corrected chi connectivity index (χ1v) is 7.17. The van der Waals surface area contributed by atoms with Crippen LogP contribution in [0.5, 0.6) is 5.88 Å². The Morgan fingerprint density at radius 2 is 2.04 bits per heavy atom. The predicted molar refractivity (Wildman–Crippen MR) is 79.7 cm³/mol. The molecule has 0 radical (unpaired) electrons. The first-order chi connectivity index (χ1) is 11.2. The summed E-state index contributed by atoms with van der Waals surface area (Å²) >= 11 is 0. The Balaban J connectivity index is 2.53. The van der Waals surface area contributed by atoms with E-state index in [-0.39, 0.29) is 23.7 Å². The van der Waals surface area contributed by atoms with Crippen LogP contribution in [0.4, 0.5) is 13.2 Å². The highest BCUT2D eigenvalue weighted by Gasteiger charge is 2.39. The van der Waals surface area contributed by atoms with E-state index in [1.165, 1.54) is 23.2 Å². The van der Waals surface area contributed by atoms with E-state index >= 15 is 0 Å². The molecular formula is C15H18F3N3O3. The summed E-state index contributed by atoms with van der Waals surface area (Å²) in [6.07, 6.45) is -2.07. The number of halogens is 3.